The van der Waals surface area contributed by atoms with Gasteiger partial charge in [-0.3, -0.25) is 9.59 Å². The van der Waals surface area contributed by atoms with Gasteiger partial charge < -0.3 is 15.0 Å². The second kappa shape index (κ2) is 8.79. The highest BCUT2D eigenvalue weighted by atomic mass is 35.5. The fourth-order valence-corrected chi connectivity index (χ4v) is 3.35. The normalized spacial score (nSPS) is 15.5. The Kier molecular flexibility index (Phi) is 6.36. The molecule has 0 fully saturated rings. The van der Waals surface area contributed by atoms with E-state index in [1.54, 1.807) is 18.3 Å². The number of amides is 2. The van der Waals surface area contributed by atoms with Crippen LogP contribution in [0.25, 0.3) is 6.08 Å². The molecule has 1 aliphatic heterocycles. The Morgan fingerprint density at radius 2 is 1.93 bits per heavy atom. The van der Waals surface area contributed by atoms with Crippen LogP contribution in [0.2, 0.25) is 5.02 Å². The van der Waals surface area contributed by atoms with Crippen LogP contribution in [0.1, 0.15) is 30.5 Å². The lowest BCUT2D eigenvalue weighted by molar-refractivity contribution is -0.153. The molecule has 0 aromatic heterocycles. The molecule has 158 valence electrons. The Morgan fingerprint density at radius 3 is 2.63 bits per heavy atom. The van der Waals surface area contributed by atoms with Crippen LogP contribution in [0.4, 0.5) is 18.9 Å². The summed E-state index contributed by atoms with van der Waals surface area (Å²) in [5, 5.41) is 2.77. The van der Waals surface area contributed by atoms with E-state index < -0.39 is 24.7 Å². The number of ether oxygens (including phenoxy) is 1. The molecule has 0 unspecified atom stereocenters. The lowest BCUT2D eigenvalue weighted by atomic mass is 9.93. The number of nitrogens with zero attached hydrogens (tertiary/aromatic N) is 1. The molecule has 0 aliphatic carbocycles. The predicted octanol–water partition coefficient (Wildman–Crippen LogP) is 5.18. The Bertz CT molecular complexity index is 992. The van der Waals surface area contributed by atoms with E-state index >= 15 is 0 Å². The first-order valence-electron chi connectivity index (χ1n) is 8.99. The van der Waals surface area contributed by atoms with Crippen LogP contribution in [0.3, 0.4) is 0 Å². The number of alkyl halides is 3. The predicted molar refractivity (Wildman–Crippen MR) is 107 cm³/mol. The molecule has 5 nitrogen and oxygen atoms in total. The number of carbonyl (C=O) groups is 2. The van der Waals surface area contributed by atoms with E-state index in [1.807, 2.05) is 18.2 Å². The molecule has 0 radical (unpaired) electrons. The van der Waals surface area contributed by atoms with Gasteiger partial charge in [0.15, 0.2) is 6.61 Å². The van der Waals surface area contributed by atoms with E-state index in [4.69, 9.17) is 16.3 Å². The zero-order chi connectivity index (χ0) is 21.9. The van der Waals surface area contributed by atoms with E-state index in [9.17, 15) is 22.8 Å². The number of benzene rings is 2. The fraction of sp³-hybridized carbons (Fsp3) is 0.238. The smallest absolute Gasteiger partial charge is 0.422 e. The van der Waals surface area contributed by atoms with Crippen molar-refractivity contribution in [2.75, 3.05) is 11.9 Å². The zero-order valence-electron chi connectivity index (χ0n) is 15.9. The third kappa shape index (κ3) is 5.33. The zero-order valence-corrected chi connectivity index (χ0v) is 16.6. The Morgan fingerprint density at radius 1 is 1.20 bits per heavy atom. The maximum Gasteiger partial charge on any atom is 0.422 e. The molecule has 0 spiro atoms. The van der Waals surface area contributed by atoms with Crippen molar-refractivity contribution in [1.29, 1.82) is 0 Å². The first-order valence-corrected chi connectivity index (χ1v) is 9.37. The summed E-state index contributed by atoms with van der Waals surface area (Å²) in [5.41, 5.74) is 1.69. The molecular formula is C21H18ClF3N2O3. The Hall–Kier alpha value is -3.00. The van der Waals surface area contributed by atoms with Crippen LogP contribution >= 0.6 is 11.6 Å². The summed E-state index contributed by atoms with van der Waals surface area (Å²) in [5.74, 6) is -0.900. The minimum atomic E-state index is -4.53. The van der Waals surface area contributed by atoms with Gasteiger partial charge in [-0.05, 0) is 35.4 Å². The van der Waals surface area contributed by atoms with Crippen LogP contribution in [0, 0.1) is 0 Å². The molecule has 2 aromatic carbocycles. The molecule has 30 heavy (non-hydrogen) atoms. The third-order valence-electron chi connectivity index (χ3n) is 4.45. The topological polar surface area (TPSA) is 58.6 Å². The maximum atomic E-state index is 12.7. The molecule has 0 saturated carbocycles. The van der Waals surface area contributed by atoms with Gasteiger partial charge in [-0.15, -0.1) is 0 Å². The summed E-state index contributed by atoms with van der Waals surface area (Å²) >= 11 is 5.92. The van der Waals surface area contributed by atoms with Gasteiger partial charge in [0.2, 0.25) is 11.8 Å². The largest absolute Gasteiger partial charge is 0.482 e. The highest BCUT2D eigenvalue weighted by Gasteiger charge is 2.30. The van der Waals surface area contributed by atoms with Crippen molar-refractivity contribution >= 4 is 35.2 Å². The number of nitrogens with one attached hydrogen (secondary N) is 1. The SMILES string of the molecule is CC(=O)N1C=Cc2ccccc2[C@H]1CC(=O)Nc1cc(Cl)ccc1OCC(F)(F)F. The summed E-state index contributed by atoms with van der Waals surface area (Å²) in [6, 6.07) is 10.7. The Labute approximate surface area is 176 Å². The quantitative estimate of drug-likeness (QED) is 0.699. The van der Waals surface area contributed by atoms with Crippen molar-refractivity contribution < 1.29 is 27.5 Å². The summed E-state index contributed by atoms with van der Waals surface area (Å²) in [6.45, 7) is -0.111. The minimum Gasteiger partial charge on any atom is -0.482 e. The average molecular weight is 439 g/mol. The van der Waals surface area contributed by atoms with Crippen LogP contribution < -0.4 is 10.1 Å². The van der Waals surface area contributed by atoms with Crippen LogP contribution in [0.5, 0.6) is 5.75 Å². The Balaban J connectivity index is 1.80. The lowest BCUT2D eigenvalue weighted by Crippen LogP contribution is -2.33. The molecule has 1 heterocycles. The maximum absolute atomic E-state index is 12.7. The number of anilines is 1. The van der Waals surface area contributed by atoms with Gasteiger partial charge in [0.1, 0.15) is 5.75 Å². The number of rotatable bonds is 5. The first-order chi connectivity index (χ1) is 14.1. The van der Waals surface area contributed by atoms with Crippen molar-refractivity contribution in [3.8, 4) is 5.75 Å². The van der Waals surface area contributed by atoms with Crippen molar-refractivity contribution in [1.82, 2.24) is 4.90 Å². The summed E-state index contributed by atoms with van der Waals surface area (Å²) in [6.07, 6.45) is -1.24. The molecule has 1 aliphatic rings. The molecule has 1 atom stereocenters. The van der Waals surface area contributed by atoms with Gasteiger partial charge in [-0.1, -0.05) is 35.9 Å². The van der Waals surface area contributed by atoms with Gasteiger partial charge in [0, 0.05) is 18.1 Å². The van der Waals surface area contributed by atoms with Crippen molar-refractivity contribution in [3.05, 3.63) is 64.8 Å². The molecule has 2 amide bonds. The standard InChI is InChI=1S/C21H18ClF3N2O3/c1-13(28)27-9-8-14-4-2-3-5-16(14)18(27)11-20(29)26-17-10-15(22)6-7-19(17)30-12-21(23,24)25/h2-10,18H,11-12H2,1H3,(H,26,29)/t18-/m1/s1. The van der Waals surface area contributed by atoms with Crippen LogP contribution in [-0.4, -0.2) is 29.5 Å². The summed E-state index contributed by atoms with van der Waals surface area (Å²) < 4.78 is 42.3. The van der Waals surface area contributed by atoms with Crippen LogP contribution in [0.15, 0.2) is 48.7 Å². The lowest BCUT2D eigenvalue weighted by Gasteiger charge is -2.32. The first kappa shape index (κ1) is 21.7. The van der Waals surface area contributed by atoms with E-state index in [0.717, 1.165) is 11.1 Å². The molecule has 2 aromatic rings. The number of hydrogen-bond acceptors (Lipinski definition) is 3. The van der Waals surface area contributed by atoms with Crippen molar-refractivity contribution in [2.45, 2.75) is 25.6 Å². The van der Waals surface area contributed by atoms with E-state index in [-0.39, 0.29) is 28.8 Å². The summed E-state index contributed by atoms with van der Waals surface area (Å²) in [7, 11) is 0. The number of fused-ring (bicyclic) bond motifs is 1. The van der Waals surface area contributed by atoms with E-state index in [1.165, 1.54) is 30.0 Å². The van der Waals surface area contributed by atoms with Gasteiger partial charge in [0.05, 0.1) is 18.2 Å². The number of hydrogen-bond donors (Lipinski definition) is 1. The highest BCUT2D eigenvalue weighted by molar-refractivity contribution is 6.31. The van der Waals surface area contributed by atoms with E-state index in [0.29, 0.717) is 0 Å². The van der Waals surface area contributed by atoms with Gasteiger partial charge in [-0.25, -0.2) is 0 Å². The monoisotopic (exact) mass is 438 g/mol. The van der Waals surface area contributed by atoms with E-state index in [2.05, 4.69) is 5.32 Å². The number of carbonyl (C=O) groups excluding carboxylic acids is 2. The van der Waals surface area contributed by atoms with Crippen LogP contribution in [-0.2, 0) is 9.59 Å². The highest BCUT2D eigenvalue weighted by Crippen LogP contribution is 2.34. The second-order valence-corrected chi connectivity index (χ2v) is 7.12. The van der Waals surface area contributed by atoms with Gasteiger partial charge in [-0.2, -0.15) is 13.2 Å². The average Bonchev–Trinajstić information content (AvgIpc) is 2.66. The number of halogens is 4. The third-order valence-corrected chi connectivity index (χ3v) is 4.69. The fourth-order valence-electron chi connectivity index (χ4n) is 3.18. The minimum absolute atomic E-state index is 0.0192. The van der Waals surface area contributed by atoms with Crippen molar-refractivity contribution in [2.24, 2.45) is 0 Å². The molecule has 1 N–H and O–H groups in total. The molecule has 3 rings (SSSR count). The van der Waals surface area contributed by atoms with Gasteiger partial charge in [0.25, 0.3) is 0 Å². The van der Waals surface area contributed by atoms with Crippen molar-refractivity contribution in [3.63, 3.8) is 0 Å². The van der Waals surface area contributed by atoms with Gasteiger partial charge >= 0.3 is 6.18 Å². The molecular weight excluding hydrogens is 421 g/mol. The molecule has 0 saturated heterocycles. The molecule has 0 bridgehead atoms. The summed E-state index contributed by atoms with van der Waals surface area (Å²) in [4.78, 5) is 26.2. The second-order valence-electron chi connectivity index (χ2n) is 6.68. The molecule has 9 heteroatoms.